The van der Waals surface area contributed by atoms with E-state index in [0.717, 1.165) is 13.1 Å². The van der Waals surface area contributed by atoms with Crippen molar-refractivity contribution in [1.29, 1.82) is 0 Å². The zero-order valence-corrected chi connectivity index (χ0v) is 10.8. The second kappa shape index (κ2) is 5.63. The van der Waals surface area contributed by atoms with Crippen LogP contribution < -0.4 is 11.1 Å². The van der Waals surface area contributed by atoms with E-state index >= 15 is 0 Å². The highest BCUT2D eigenvalue weighted by molar-refractivity contribution is 5.14. The van der Waals surface area contributed by atoms with E-state index in [9.17, 15) is 0 Å². The average Bonchev–Trinajstić information content (AvgIpc) is 2.35. The Bertz CT molecular complexity index is 339. The molecule has 3 N–H and O–H groups in total. The monoisotopic (exact) mass is 233 g/mol. The SMILES string of the molecule is CN[C@H]1C(N)N(Cc2ccccc2)CC[C@H]1C. The summed E-state index contributed by atoms with van der Waals surface area (Å²) in [6.45, 7) is 4.32. The van der Waals surface area contributed by atoms with Gasteiger partial charge in [0.25, 0.3) is 0 Å². The fourth-order valence-electron chi connectivity index (χ4n) is 2.72. The van der Waals surface area contributed by atoms with Crippen LogP contribution in [0.1, 0.15) is 18.9 Å². The second-order valence-electron chi connectivity index (χ2n) is 5.03. The summed E-state index contributed by atoms with van der Waals surface area (Å²) in [4.78, 5) is 2.37. The number of benzene rings is 1. The molecular formula is C14H23N3. The Balaban J connectivity index is 2.02. The minimum atomic E-state index is 0.115. The van der Waals surface area contributed by atoms with Crippen molar-refractivity contribution in [3.63, 3.8) is 0 Å². The molecule has 0 spiro atoms. The number of rotatable bonds is 3. The smallest absolute Gasteiger partial charge is 0.0735 e. The van der Waals surface area contributed by atoms with E-state index in [1.165, 1.54) is 12.0 Å². The molecule has 1 unspecified atom stereocenters. The molecule has 1 fully saturated rings. The first-order chi connectivity index (χ1) is 8.22. The predicted octanol–water partition coefficient (Wildman–Crippen LogP) is 1.40. The highest BCUT2D eigenvalue weighted by Crippen LogP contribution is 2.21. The van der Waals surface area contributed by atoms with Crippen LogP contribution >= 0.6 is 0 Å². The van der Waals surface area contributed by atoms with Gasteiger partial charge in [-0.1, -0.05) is 37.3 Å². The summed E-state index contributed by atoms with van der Waals surface area (Å²) in [5.41, 5.74) is 7.68. The van der Waals surface area contributed by atoms with Crippen molar-refractivity contribution >= 4 is 0 Å². The van der Waals surface area contributed by atoms with Gasteiger partial charge >= 0.3 is 0 Å². The summed E-state index contributed by atoms with van der Waals surface area (Å²) in [5.74, 6) is 0.655. The number of hydrogen-bond acceptors (Lipinski definition) is 3. The van der Waals surface area contributed by atoms with Crippen LogP contribution in [0, 0.1) is 5.92 Å². The summed E-state index contributed by atoms with van der Waals surface area (Å²) in [6.07, 6.45) is 1.33. The number of nitrogens with two attached hydrogens (primary N) is 1. The topological polar surface area (TPSA) is 41.3 Å². The molecule has 0 bridgehead atoms. The first kappa shape index (κ1) is 12.6. The van der Waals surface area contributed by atoms with E-state index in [0.29, 0.717) is 12.0 Å². The molecule has 0 saturated carbocycles. The number of piperidine rings is 1. The minimum absolute atomic E-state index is 0.115. The maximum absolute atomic E-state index is 6.34. The zero-order valence-electron chi connectivity index (χ0n) is 10.8. The molecule has 1 aromatic rings. The standard InChI is InChI=1S/C14H23N3/c1-11-8-9-17(14(15)13(11)16-2)10-12-6-4-3-5-7-12/h3-7,11,13-14,16H,8-10,15H2,1-2H3/t11-,13-,14?/m1/s1. The normalized spacial score (nSPS) is 30.4. The lowest BCUT2D eigenvalue weighted by molar-refractivity contribution is 0.0781. The molecule has 3 atom stereocenters. The van der Waals surface area contributed by atoms with Crippen LogP contribution in [0.15, 0.2) is 30.3 Å². The maximum atomic E-state index is 6.34. The largest absolute Gasteiger partial charge is 0.314 e. The van der Waals surface area contributed by atoms with E-state index in [1.54, 1.807) is 0 Å². The van der Waals surface area contributed by atoms with Gasteiger partial charge in [-0.15, -0.1) is 0 Å². The molecule has 0 amide bonds. The third kappa shape index (κ3) is 2.86. The van der Waals surface area contributed by atoms with Crippen LogP contribution in [-0.4, -0.2) is 30.7 Å². The first-order valence-electron chi connectivity index (χ1n) is 6.43. The molecule has 1 aliphatic rings. The van der Waals surface area contributed by atoms with Crippen LogP contribution in [0.5, 0.6) is 0 Å². The van der Waals surface area contributed by atoms with Gasteiger partial charge in [-0.25, -0.2) is 0 Å². The van der Waals surface area contributed by atoms with Gasteiger partial charge in [0, 0.05) is 19.1 Å². The van der Waals surface area contributed by atoms with Crippen molar-refractivity contribution in [1.82, 2.24) is 10.2 Å². The van der Waals surface area contributed by atoms with Gasteiger partial charge in [-0.3, -0.25) is 4.90 Å². The van der Waals surface area contributed by atoms with Gasteiger partial charge in [-0.05, 0) is 24.9 Å². The van der Waals surface area contributed by atoms with Gasteiger partial charge < -0.3 is 11.1 Å². The van der Waals surface area contributed by atoms with Gasteiger partial charge in [0.2, 0.25) is 0 Å². The van der Waals surface area contributed by atoms with Crippen LogP contribution in [-0.2, 0) is 6.54 Å². The van der Waals surface area contributed by atoms with Crippen LogP contribution in [0.4, 0.5) is 0 Å². The van der Waals surface area contributed by atoms with Gasteiger partial charge in [-0.2, -0.15) is 0 Å². The van der Waals surface area contributed by atoms with Crippen molar-refractivity contribution in [2.24, 2.45) is 11.7 Å². The fourth-order valence-corrected chi connectivity index (χ4v) is 2.72. The molecule has 1 aromatic carbocycles. The molecule has 1 aliphatic heterocycles. The lowest BCUT2D eigenvalue weighted by atomic mass is 9.90. The van der Waals surface area contributed by atoms with Crippen LogP contribution in [0.25, 0.3) is 0 Å². The highest BCUT2D eigenvalue weighted by atomic mass is 15.3. The Morgan fingerprint density at radius 1 is 1.35 bits per heavy atom. The summed E-state index contributed by atoms with van der Waals surface area (Å²) >= 11 is 0. The van der Waals surface area contributed by atoms with Crippen molar-refractivity contribution in [3.8, 4) is 0 Å². The molecule has 3 nitrogen and oxygen atoms in total. The number of likely N-dealkylation sites (tertiary alicyclic amines) is 1. The van der Waals surface area contributed by atoms with Crippen LogP contribution in [0.2, 0.25) is 0 Å². The lowest BCUT2D eigenvalue weighted by Gasteiger charge is -2.42. The maximum Gasteiger partial charge on any atom is 0.0735 e. The zero-order chi connectivity index (χ0) is 12.3. The Morgan fingerprint density at radius 3 is 2.71 bits per heavy atom. The van der Waals surface area contributed by atoms with E-state index in [-0.39, 0.29) is 6.17 Å². The molecule has 1 saturated heterocycles. The minimum Gasteiger partial charge on any atom is -0.314 e. The number of hydrogen-bond donors (Lipinski definition) is 2. The Labute approximate surface area is 104 Å². The Hall–Kier alpha value is -0.900. The molecule has 17 heavy (non-hydrogen) atoms. The predicted molar refractivity (Wildman–Crippen MR) is 71.5 cm³/mol. The molecular weight excluding hydrogens is 210 g/mol. The molecule has 1 heterocycles. The quantitative estimate of drug-likeness (QED) is 0.829. The molecule has 0 aliphatic carbocycles. The lowest BCUT2D eigenvalue weighted by Crippen LogP contribution is -2.60. The Kier molecular flexibility index (Phi) is 4.15. The van der Waals surface area contributed by atoms with Crippen molar-refractivity contribution in [2.45, 2.75) is 32.1 Å². The molecule has 2 rings (SSSR count). The van der Waals surface area contributed by atoms with E-state index in [1.807, 2.05) is 7.05 Å². The van der Waals surface area contributed by atoms with Crippen molar-refractivity contribution < 1.29 is 0 Å². The molecule has 0 aromatic heterocycles. The third-order valence-corrected chi connectivity index (χ3v) is 3.84. The average molecular weight is 233 g/mol. The van der Waals surface area contributed by atoms with E-state index < -0.39 is 0 Å². The van der Waals surface area contributed by atoms with Gasteiger partial charge in [0.15, 0.2) is 0 Å². The van der Waals surface area contributed by atoms with Crippen LogP contribution in [0.3, 0.4) is 0 Å². The van der Waals surface area contributed by atoms with Crippen molar-refractivity contribution in [2.75, 3.05) is 13.6 Å². The van der Waals surface area contributed by atoms with Gasteiger partial charge in [0.1, 0.15) is 0 Å². The van der Waals surface area contributed by atoms with Crippen molar-refractivity contribution in [3.05, 3.63) is 35.9 Å². The van der Waals surface area contributed by atoms with Gasteiger partial charge in [0.05, 0.1) is 6.17 Å². The highest BCUT2D eigenvalue weighted by Gasteiger charge is 2.32. The Morgan fingerprint density at radius 2 is 2.06 bits per heavy atom. The molecule has 3 heteroatoms. The third-order valence-electron chi connectivity index (χ3n) is 3.84. The summed E-state index contributed by atoms with van der Waals surface area (Å²) < 4.78 is 0. The summed E-state index contributed by atoms with van der Waals surface area (Å²) in [5, 5.41) is 3.35. The summed E-state index contributed by atoms with van der Waals surface area (Å²) in [7, 11) is 2.01. The van der Waals surface area contributed by atoms with E-state index in [4.69, 9.17) is 5.73 Å². The van der Waals surface area contributed by atoms with E-state index in [2.05, 4.69) is 47.5 Å². The second-order valence-corrected chi connectivity index (χ2v) is 5.03. The summed E-state index contributed by atoms with van der Waals surface area (Å²) in [6, 6.07) is 11.0. The molecule has 94 valence electrons. The number of likely N-dealkylation sites (N-methyl/N-ethyl adjacent to an activating group) is 1. The number of nitrogens with zero attached hydrogens (tertiary/aromatic N) is 1. The molecule has 0 radical (unpaired) electrons. The fraction of sp³-hybridized carbons (Fsp3) is 0.571. The number of nitrogens with one attached hydrogen (secondary N) is 1. The first-order valence-corrected chi connectivity index (χ1v) is 6.43.